The minimum Gasteiger partial charge on any atom is -0.480 e. The number of nitrogens with zero attached hydrogens (tertiary/aromatic N) is 6. The van der Waals surface area contributed by atoms with Crippen molar-refractivity contribution in [3.63, 3.8) is 0 Å². The SMILES string of the molecule is CC1(C)CCC(c2ccccc2[C@@H](C(=O)O)N2CC[C@@H](OCCCCc3ccc4c(n3)NCCC4)C2)OC1.CC1(C)CCC(c2ccccc2[C@H](C(=O)O)N2CC[C@@H](OCCCCc3ccc4c(n3)NCCC4)C2)CC1.CC1(C)CCCC(c2ccccc2[C@H](C(=O)O)N2CC[C@@H](OCCCCc3ccc4c(n3)NCCC4)C2)O1. The van der Waals surface area contributed by atoms with Crippen LogP contribution in [-0.2, 0) is 76.6 Å². The molecule has 1 aliphatic carbocycles. The highest BCUT2D eigenvalue weighted by Crippen LogP contribution is 2.47. The number of hydrogen-bond donors (Lipinski definition) is 6. The average molecular weight is 1560 g/mol. The average Bonchev–Trinajstić information content (AvgIpc) is 1.28. The van der Waals surface area contributed by atoms with Crippen LogP contribution in [0.1, 0.15) is 280 Å². The predicted octanol–water partition coefficient (Wildman–Crippen LogP) is 17.6. The molecule has 6 N–H and O–H groups in total. The molecule has 6 aromatic rings. The third-order valence-electron chi connectivity index (χ3n) is 25.5. The lowest BCUT2D eigenvalue weighted by Gasteiger charge is -2.38. The molecule has 9 aliphatic rings. The molecule has 20 nitrogen and oxygen atoms in total. The number of likely N-dealkylation sites (tertiary alicyclic amines) is 3. The molecule has 6 fully saturated rings. The molecular weight excluding hydrogens is 1430 g/mol. The van der Waals surface area contributed by atoms with Crippen molar-refractivity contribution in [3.05, 3.63) is 176 Å². The van der Waals surface area contributed by atoms with E-state index in [2.05, 4.69) is 127 Å². The number of ether oxygens (including phenoxy) is 5. The third kappa shape index (κ3) is 23.1. The first kappa shape index (κ1) is 84.5. The Bertz CT molecular complexity index is 3940. The van der Waals surface area contributed by atoms with Crippen LogP contribution in [0.25, 0.3) is 0 Å². The molecule has 20 heteroatoms. The number of rotatable bonds is 30. The van der Waals surface area contributed by atoms with Crippen LogP contribution in [0.5, 0.6) is 0 Å². The zero-order valence-electron chi connectivity index (χ0n) is 69.2. The van der Waals surface area contributed by atoms with Gasteiger partial charge in [0.15, 0.2) is 0 Å². The predicted molar refractivity (Wildman–Crippen MR) is 449 cm³/mol. The van der Waals surface area contributed by atoms with Crippen molar-refractivity contribution in [2.75, 3.05) is 101 Å². The Labute approximate surface area is 678 Å². The van der Waals surface area contributed by atoms with E-state index in [0.29, 0.717) is 57.4 Å². The van der Waals surface area contributed by atoms with Gasteiger partial charge in [0.2, 0.25) is 0 Å². The zero-order valence-corrected chi connectivity index (χ0v) is 69.2. The summed E-state index contributed by atoms with van der Waals surface area (Å²) in [6, 6.07) is 35.4. The maximum atomic E-state index is 12.6. The fourth-order valence-corrected chi connectivity index (χ4v) is 19.0. The molecule has 0 amide bonds. The summed E-state index contributed by atoms with van der Waals surface area (Å²) in [6.45, 7) is 23.4. The minimum atomic E-state index is -0.805. The van der Waals surface area contributed by atoms with Crippen LogP contribution in [0.3, 0.4) is 0 Å². The van der Waals surface area contributed by atoms with Gasteiger partial charge in [-0.25, -0.2) is 15.0 Å². The number of nitrogens with one attached hydrogen (secondary N) is 3. The Hall–Kier alpha value is -7.40. The molecule has 8 atom stereocenters. The molecule has 5 saturated heterocycles. The molecular formula is C94H131N9O11. The van der Waals surface area contributed by atoms with E-state index in [1.54, 1.807) is 0 Å². The van der Waals surface area contributed by atoms with Crippen LogP contribution in [0.15, 0.2) is 109 Å². The molecule has 3 aromatic heterocycles. The molecule has 0 bridgehead atoms. The standard InChI is InChI=1S/C32H45N3O3.2C31H43N3O4/c1-32(2)17-14-23(15-18-32)27-10-3-4-11-28(27)29(31(36)37)35-20-16-26(22-35)38-21-6-5-9-25-13-12-24-8-7-19-33-30(24)34-25;1-31(2)17-7-13-27(38-31)25-11-3-4-12-26(25)28(30(35)36)34-19-16-24(21-34)37-20-6-5-10-23-15-14-22-9-8-18-32-29(22)33-23;1-31(2)16-14-27(38-21-31)25-10-3-4-11-26(25)28(30(35)36)34-18-15-24(20-34)37-19-6-5-9-23-13-12-22-8-7-17-32-29(22)33-23/h3-4,10-13,23,26,29H,5-9,14-22H2,1-2H3,(H,33,34)(H,36,37);3-4,11-12,14-15,24,27-28H,5-10,13,16-21H2,1-2H3,(H,32,33)(H,35,36);3-4,10-13,24,27-28H,5-9,14-21H2,1-2H3,(H,32,33)(H,35,36)/t26-,29-;24-,27?,28-;24-,27?,28+/m111/s1. The first-order chi connectivity index (χ1) is 55.2. The number of aromatic nitrogens is 3. The Morgan fingerprint density at radius 1 is 0.439 bits per heavy atom. The number of pyridine rings is 3. The van der Waals surface area contributed by atoms with Crippen molar-refractivity contribution in [1.82, 2.24) is 29.7 Å². The summed E-state index contributed by atoms with van der Waals surface area (Å²) in [5, 5.41) is 41.1. The molecule has 3 aromatic carbocycles. The van der Waals surface area contributed by atoms with Crippen LogP contribution in [0.4, 0.5) is 17.5 Å². The monoisotopic (exact) mass is 1560 g/mol. The lowest BCUT2D eigenvalue weighted by atomic mass is 9.70. The van der Waals surface area contributed by atoms with Crippen LogP contribution in [-0.4, -0.2) is 172 Å². The van der Waals surface area contributed by atoms with Gasteiger partial charge in [-0.2, -0.15) is 0 Å². The number of carbonyl (C=O) groups is 3. The number of carboxylic acid groups (broad SMARTS) is 3. The normalized spacial score (nSPS) is 23.5. The van der Waals surface area contributed by atoms with Gasteiger partial charge in [0, 0.05) is 95.8 Å². The van der Waals surface area contributed by atoms with Crippen LogP contribution in [0, 0.1) is 10.8 Å². The highest BCUT2D eigenvalue weighted by Gasteiger charge is 2.42. The van der Waals surface area contributed by atoms with E-state index < -0.39 is 36.0 Å². The fourth-order valence-electron chi connectivity index (χ4n) is 19.0. The molecule has 114 heavy (non-hydrogen) atoms. The number of hydrogen-bond acceptors (Lipinski definition) is 17. The van der Waals surface area contributed by atoms with Gasteiger partial charge in [-0.05, 0) is 272 Å². The molecule has 8 aliphatic heterocycles. The van der Waals surface area contributed by atoms with E-state index in [9.17, 15) is 29.7 Å². The number of carboxylic acids is 3. The van der Waals surface area contributed by atoms with Crippen molar-refractivity contribution >= 4 is 35.4 Å². The second-order valence-corrected chi connectivity index (χ2v) is 36.0. The Morgan fingerprint density at radius 2 is 0.816 bits per heavy atom. The largest absolute Gasteiger partial charge is 0.480 e. The Balaban J connectivity index is 0.000000149. The van der Waals surface area contributed by atoms with E-state index in [1.165, 1.54) is 54.4 Å². The van der Waals surface area contributed by atoms with Gasteiger partial charge >= 0.3 is 17.9 Å². The first-order valence-electron chi connectivity index (χ1n) is 43.7. The zero-order chi connectivity index (χ0) is 79.6. The summed E-state index contributed by atoms with van der Waals surface area (Å²) in [6.07, 6.45) is 28.3. The molecule has 15 rings (SSSR count). The molecule has 1 saturated carbocycles. The van der Waals surface area contributed by atoms with Gasteiger partial charge in [-0.15, -0.1) is 0 Å². The highest BCUT2D eigenvalue weighted by atomic mass is 16.5. The molecule has 2 unspecified atom stereocenters. The van der Waals surface area contributed by atoms with Gasteiger partial charge in [0.05, 0.1) is 42.7 Å². The lowest BCUT2D eigenvalue weighted by Crippen LogP contribution is -2.36. The molecule has 618 valence electrons. The Kier molecular flexibility index (Phi) is 29.8. The van der Waals surface area contributed by atoms with Gasteiger partial charge in [-0.1, -0.05) is 119 Å². The first-order valence-corrected chi connectivity index (χ1v) is 43.7. The maximum absolute atomic E-state index is 12.6. The smallest absolute Gasteiger partial charge is 0.325 e. The number of unbranched alkanes of at least 4 members (excludes halogenated alkanes) is 3. The molecule has 11 heterocycles. The van der Waals surface area contributed by atoms with Crippen LogP contribution < -0.4 is 16.0 Å². The van der Waals surface area contributed by atoms with Crippen LogP contribution in [0.2, 0.25) is 0 Å². The summed E-state index contributed by atoms with van der Waals surface area (Å²) >= 11 is 0. The summed E-state index contributed by atoms with van der Waals surface area (Å²) < 4.78 is 31.3. The second kappa shape index (κ2) is 40.2. The topological polar surface area (TPSA) is 243 Å². The molecule has 0 spiro atoms. The fraction of sp³-hybridized carbons (Fsp3) is 0.617. The van der Waals surface area contributed by atoms with Gasteiger partial charge in [-0.3, -0.25) is 29.1 Å². The van der Waals surface area contributed by atoms with Gasteiger partial charge < -0.3 is 55.0 Å². The maximum Gasteiger partial charge on any atom is 0.325 e. The number of fused-ring (bicyclic) bond motifs is 3. The van der Waals surface area contributed by atoms with E-state index >= 15 is 0 Å². The van der Waals surface area contributed by atoms with Gasteiger partial charge in [0.1, 0.15) is 35.6 Å². The number of aryl methyl sites for hydroxylation is 6. The van der Waals surface area contributed by atoms with Crippen molar-refractivity contribution in [1.29, 1.82) is 0 Å². The minimum absolute atomic E-state index is 0.0453. The molecule has 0 radical (unpaired) electrons. The van der Waals surface area contributed by atoms with Crippen molar-refractivity contribution in [2.45, 2.75) is 275 Å². The van der Waals surface area contributed by atoms with Crippen molar-refractivity contribution in [2.24, 2.45) is 10.8 Å². The van der Waals surface area contributed by atoms with Crippen LogP contribution >= 0.6 is 0 Å². The second-order valence-electron chi connectivity index (χ2n) is 36.0. The summed E-state index contributed by atoms with van der Waals surface area (Å²) in [4.78, 5) is 58.3. The van der Waals surface area contributed by atoms with Crippen molar-refractivity contribution < 1.29 is 53.4 Å². The van der Waals surface area contributed by atoms with E-state index in [0.717, 1.165) is 243 Å². The highest BCUT2D eigenvalue weighted by molar-refractivity contribution is 5.78. The lowest BCUT2D eigenvalue weighted by molar-refractivity contribution is -0.144. The summed E-state index contributed by atoms with van der Waals surface area (Å²) in [7, 11) is 0. The Morgan fingerprint density at radius 3 is 1.20 bits per heavy atom. The summed E-state index contributed by atoms with van der Waals surface area (Å²) in [5.74, 6) is 1.28. The van der Waals surface area contributed by atoms with E-state index in [-0.39, 0.29) is 41.5 Å². The van der Waals surface area contributed by atoms with Gasteiger partial charge in [0.25, 0.3) is 0 Å². The summed E-state index contributed by atoms with van der Waals surface area (Å²) in [5.41, 5.74) is 13.8. The van der Waals surface area contributed by atoms with E-state index in [4.69, 9.17) is 38.6 Å². The quantitative estimate of drug-likeness (QED) is 0.0230. The number of benzene rings is 3. The van der Waals surface area contributed by atoms with Crippen molar-refractivity contribution in [3.8, 4) is 0 Å². The number of anilines is 3. The third-order valence-corrected chi connectivity index (χ3v) is 25.5. The number of aliphatic carboxylic acids is 3. The van der Waals surface area contributed by atoms with E-state index in [1.807, 2.05) is 54.6 Å².